The van der Waals surface area contributed by atoms with Crippen molar-refractivity contribution in [3.8, 4) is 0 Å². The second-order valence-corrected chi connectivity index (χ2v) is 12.0. The van der Waals surface area contributed by atoms with E-state index in [4.69, 9.17) is 22.9 Å². The highest BCUT2D eigenvalue weighted by atomic mass is 32.1. The Morgan fingerprint density at radius 3 is 1.68 bits per heavy atom. The number of carbonyl (C=O) groups excluding carboxylic acids is 4. The van der Waals surface area contributed by atoms with Crippen LogP contribution in [0.4, 0.5) is 37.5 Å². The number of anilines is 6. The number of nitrogens with two attached hydrogens (primary N) is 4. The van der Waals surface area contributed by atoms with E-state index in [0.29, 0.717) is 72.4 Å². The van der Waals surface area contributed by atoms with Gasteiger partial charge in [-0.1, -0.05) is 12.8 Å². The van der Waals surface area contributed by atoms with Crippen LogP contribution < -0.4 is 32.7 Å². The molecule has 0 spiro atoms. The van der Waals surface area contributed by atoms with E-state index in [0.717, 1.165) is 12.8 Å². The van der Waals surface area contributed by atoms with Crippen LogP contribution in [0.3, 0.4) is 0 Å². The van der Waals surface area contributed by atoms with Crippen molar-refractivity contribution in [3.63, 3.8) is 0 Å². The summed E-state index contributed by atoms with van der Waals surface area (Å²) < 4.78 is 13.3. The van der Waals surface area contributed by atoms with Crippen molar-refractivity contribution < 1.29 is 23.6 Å². The molecule has 47 heavy (non-hydrogen) atoms. The van der Waals surface area contributed by atoms with E-state index in [9.17, 15) is 23.6 Å². The molecule has 3 heterocycles. The van der Waals surface area contributed by atoms with Crippen LogP contribution in [0.1, 0.15) is 64.2 Å². The number of aromatic nitrogens is 3. The van der Waals surface area contributed by atoms with Gasteiger partial charge in [0, 0.05) is 55.0 Å². The third-order valence-electron chi connectivity index (χ3n) is 6.61. The van der Waals surface area contributed by atoms with Gasteiger partial charge >= 0.3 is 0 Å². The maximum absolute atomic E-state index is 13.3. The van der Waals surface area contributed by atoms with E-state index in [2.05, 4.69) is 15.0 Å². The predicted molar refractivity (Wildman–Crippen MR) is 183 cm³/mol. The molecule has 4 aromatic rings. The molecule has 0 fully saturated rings. The van der Waals surface area contributed by atoms with Crippen LogP contribution in [0, 0.1) is 5.82 Å². The largest absolute Gasteiger partial charge is 0.397 e. The highest BCUT2D eigenvalue weighted by molar-refractivity contribution is 7.14. The zero-order valence-corrected chi connectivity index (χ0v) is 27.4. The molecule has 0 aliphatic carbocycles. The first-order valence-corrected chi connectivity index (χ1v) is 16.6. The first-order valence-electron chi connectivity index (χ1n) is 14.9. The number of nitrogens with zero attached hydrogens (tertiary/aromatic N) is 5. The second kappa shape index (κ2) is 18.9. The fraction of sp³-hybridized carbons (Fsp3) is 0.323. The van der Waals surface area contributed by atoms with Crippen molar-refractivity contribution in [3.05, 3.63) is 65.5 Å². The smallest absolute Gasteiger partial charge is 0.234 e. The van der Waals surface area contributed by atoms with E-state index in [1.165, 1.54) is 50.7 Å². The summed E-state index contributed by atoms with van der Waals surface area (Å²) in [5, 5.41) is 4.57. The normalized spacial score (nSPS) is 10.5. The Labute approximate surface area is 279 Å². The number of hydrogen-bond acceptors (Lipinski definition) is 11. The van der Waals surface area contributed by atoms with E-state index in [1.54, 1.807) is 41.5 Å². The molecular formula is C31H38FN9O4S2. The lowest BCUT2D eigenvalue weighted by atomic mass is 10.1. The standard InChI is InChI=1S/C16H19FN4O2S.C15H19N5O2S/c17-11-6-7-13(12(18)10-11)21(16-20-8-9-24-16)15(23)5-3-1-2-4-14(19)22;16-11-5-4-8-18-14(11)20(15-19-9-10-23-15)13(22)7-3-1-2-6-12(17)21/h6-10H,1-5,18H2,(H2,19,22);4-5,8-10H,1-3,6-7,16H2,(H2,17,21). The van der Waals surface area contributed by atoms with Gasteiger partial charge in [-0.15, -0.1) is 22.7 Å². The second-order valence-electron chi connectivity index (χ2n) is 10.3. The Morgan fingerprint density at radius 2 is 1.19 bits per heavy atom. The molecule has 16 heteroatoms. The van der Waals surface area contributed by atoms with E-state index >= 15 is 0 Å². The maximum atomic E-state index is 13.3. The summed E-state index contributed by atoms with van der Waals surface area (Å²) in [4.78, 5) is 62.1. The van der Waals surface area contributed by atoms with Crippen molar-refractivity contribution in [1.82, 2.24) is 15.0 Å². The van der Waals surface area contributed by atoms with Crippen LogP contribution >= 0.6 is 22.7 Å². The third kappa shape index (κ3) is 11.7. The molecule has 1 aromatic carbocycles. The summed E-state index contributed by atoms with van der Waals surface area (Å²) in [6, 6.07) is 7.32. The average Bonchev–Trinajstić information content (AvgIpc) is 3.75. The molecule has 13 nitrogen and oxygen atoms in total. The van der Waals surface area contributed by atoms with Gasteiger partial charge in [-0.25, -0.2) is 24.2 Å². The van der Waals surface area contributed by atoms with Crippen molar-refractivity contribution in [2.45, 2.75) is 64.2 Å². The fourth-order valence-electron chi connectivity index (χ4n) is 4.37. The number of primary amides is 2. The van der Waals surface area contributed by atoms with Gasteiger partial charge < -0.3 is 22.9 Å². The molecular weight excluding hydrogens is 646 g/mol. The Hall–Kier alpha value is -4.96. The minimum absolute atomic E-state index is 0.121. The molecule has 4 rings (SSSR count). The minimum Gasteiger partial charge on any atom is -0.397 e. The number of unbranched alkanes of at least 4 members (excludes halogenated alkanes) is 4. The molecule has 0 saturated heterocycles. The Bertz CT molecular complexity index is 1600. The number of nitrogen functional groups attached to an aromatic ring is 2. The molecule has 0 saturated carbocycles. The fourth-order valence-corrected chi connectivity index (χ4v) is 5.70. The van der Waals surface area contributed by atoms with Crippen LogP contribution in [0.2, 0.25) is 0 Å². The van der Waals surface area contributed by atoms with Crippen LogP contribution in [0.15, 0.2) is 59.7 Å². The zero-order valence-electron chi connectivity index (χ0n) is 25.7. The van der Waals surface area contributed by atoms with Gasteiger partial charge in [0.25, 0.3) is 0 Å². The average molecular weight is 684 g/mol. The number of thiazole rings is 2. The SMILES string of the molecule is NC(=O)CCCCCC(=O)N(c1nccs1)c1ccc(F)cc1N.NC(=O)CCCCCC(=O)N(c1nccs1)c1ncccc1N. The van der Waals surface area contributed by atoms with E-state index in [-0.39, 0.29) is 35.7 Å². The lowest BCUT2D eigenvalue weighted by molar-refractivity contribution is -0.119. The van der Waals surface area contributed by atoms with Crippen molar-refractivity contribution >= 4 is 79.4 Å². The number of amides is 4. The summed E-state index contributed by atoms with van der Waals surface area (Å²) in [5.74, 6) is -1.03. The highest BCUT2D eigenvalue weighted by Crippen LogP contribution is 2.33. The number of rotatable bonds is 16. The van der Waals surface area contributed by atoms with Gasteiger partial charge in [-0.3, -0.25) is 24.1 Å². The monoisotopic (exact) mass is 683 g/mol. The molecule has 0 aliphatic rings. The maximum Gasteiger partial charge on any atom is 0.234 e. The Balaban J connectivity index is 0.000000256. The van der Waals surface area contributed by atoms with Gasteiger partial charge in [-0.05, 0) is 56.0 Å². The zero-order chi connectivity index (χ0) is 34.2. The molecule has 0 unspecified atom stereocenters. The van der Waals surface area contributed by atoms with E-state index in [1.807, 2.05) is 0 Å². The van der Waals surface area contributed by atoms with Crippen molar-refractivity contribution in [1.29, 1.82) is 0 Å². The summed E-state index contributed by atoms with van der Waals surface area (Å²) in [7, 11) is 0. The van der Waals surface area contributed by atoms with Crippen LogP contribution in [0.5, 0.6) is 0 Å². The predicted octanol–water partition coefficient (Wildman–Crippen LogP) is 5.19. The molecule has 3 aromatic heterocycles. The van der Waals surface area contributed by atoms with Gasteiger partial charge in [0.05, 0.1) is 17.1 Å². The minimum atomic E-state index is -0.464. The Morgan fingerprint density at radius 1 is 0.660 bits per heavy atom. The quantitative estimate of drug-likeness (QED) is 0.0901. The molecule has 0 radical (unpaired) electrons. The van der Waals surface area contributed by atoms with Gasteiger partial charge in [0.2, 0.25) is 23.6 Å². The molecule has 0 aliphatic heterocycles. The summed E-state index contributed by atoms with van der Waals surface area (Å²) >= 11 is 2.65. The molecule has 0 bridgehead atoms. The lowest BCUT2D eigenvalue weighted by Crippen LogP contribution is -2.27. The molecule has 4 amide bonds. The van der Waals surface area contributed by atoms with Crippen molar-refractivity contribution in [2.75, 3.05) is 21.3 Å². The third-order valence-corrected chi connectivity index (χ3v) is 8.12. The lowest BCUT2D eigenvalue weighted by Gasteiger charge is -2.21. The van der Waals surface area contributed by atoms with Crippen molar-refractivity contribution in [2.24, 2.45) is 11.5 Å². The first kappa shape index (κ1) is 36.5. The summed E-state index contributed by atoms with van der Waals surface area (Å²) in [6.45, 7) is 0. The number of benzene rings is 1. The Kier molecular flexibility index (Phi) is 14.7. The molecule has 250 valence electrons. The molecule has 8 N–H and O–H groups in total. The molecule has 0 atom stereocenters. The number of carbonyl (C=O) groups is 4. The number of hydrogen-bond donors (Lipinski definition) is 4. The van der Waals surface area contributed by atoms with Crippen LogP contribution in [0.25, 0.3) is 0 Å². The first-order chi connectivity index (χ1) is 22.6. The topological polar surface area (TPSA) is 218 Å². The number of pyridine rings is 1. The van der Waals surface area contributed by atoms with Gasteiger partial charge in [0.1, 0.15) is 5.82 Å². The number of halogens is 1. The van der Waals surface area contributed by atoms with Crippen LogP contribution in [-0.4, -0.2) is 38.6 Å². The summed E-state index contributed by atoms with van der Waals surface area (Å²) in [5.41, 5.74) is 23.0. The van der Waals surface area contributed by atoms with E-state index < -0.39 is 5.82 Å². The summed E-state index contributed by atoms with van der Waals surface area (Å²) in [6.07, 6.45) is 10.2. The highest BCUT2D eigenvalue weighted by Gasteiger charge is 2.24. The van der Waals surface area contributed by atoms with Gasteiger partial charge in [-0.2, -0.15) is 0 Å². The van der Waals surface area contributed by atoms with Gasteiger partial charge in [0.15, 0.2) is 16.1 Å². The van der Waals surface area contributed by atoms with Crippen LogP contribution in [-0.2, 0) is 19.2 Å².